The molecule has 0 spiro atoms. The van der Waals surface area contributed by atoms with E-state index in [1.54, 1.807) is 6.20 Å². The SMILES string of the molecule is CC1OCCC1Nc1cccc(Cn2cccn2)c1. The highest BCUT2D eigenvalue weighted by molar-refractivity contribution is 5.47. The molecule has 0 saturated carbocycles. The molecule has 2 atom stereocenters. The van der Waals surface area contributed by atoms with Crippen molar-refractivity contribution in [3.63, 3.8) is 0 Å². The Labute approximate surface area is 113 Å². The number of anilines is 1. The zero-order chi connectivity index (χ0) is 13.1. The van der Waals surface area contributed by atoms with E-state index in [0.29, 0.717) is 6.04 Å². The summed E-state index contributed by atoms with van der Waals surface area (Å²) in [5.41, 5.74) is 2.41. The quantitative estimate of drug-likeness (QED) is 0.914. The van der Waals surface area contributed by atoms with E-state index < -0.39 is 0 Å². The third kappa shape index (κ3) is 2.96. The Bertz CT molecular complexity index is 524. The predicted octanol–water partition coefficient (Wildman–Crippen LogP) is 2.52. The molecule has 2 heterocycles. The highest BCUT2D eigenvalue weighted by Crippen LogP contribution is 2.19. The number of aromatic nitrogens is 2. The van der Waals surface area contributed by atoms with Crippen molar-refractivity contribution in [2.75, 3.05) is 11.9 Å². The van der Waals surface area contributed by atoms with Crippen LogP contribution in [0, 0.1) is 0 Å². The predicted molar refractivity (Wildman–Crippen MR) is 75.2 cm³/mol. The Balaban J connectivity index is 1.69. The highest BCUT2D eigenvalue weighted by Gasteiger charge is 2.23. The van der Waals surface area contributed by atoms with Crippen molar-refractivity contribution in [2.24, 2.45) is 0 Å². The molecule has 0 aliphatic carbocycles. The smallest absolute Gasteiger partial charge is 0.0748 e. The van der Waals surface area contributed by atoms with E-state index in [1.165, 1.54) is 5.56 Å². The van der Waals surface area contributed by atoms with Gasteiger partial charge in [-0.3, -0.25) is 4.68 Å². The Morgan fingerprint density at radius 3 is 3.11 bits per heavy atom. The van der Waals surface area contributed by atoms with Gasteiger partial charge in [0.25, 0.3) is 0 Å². The van der Waals surface area contributed by atoms with E-state index in [1.807, 2.05) is 16.9 Å². The molecule has 1 aliphatic heterocycles. The van der Waals surface area contributed by atoms with Gasteiger partial charge >= 0.3 is 0 Å². The van der Waals surface area contributed by atoms with Crippen LogP contribution < -0.4 is 5.32 Å². The van der Waals surface area contributed by atoms with Crippen molar-refractivity contribution in [3.05, 3.63) is 48.3 Å². The van der Waals surface area contributed by atoms with E-state index >= 15 is 0 Å². The van der Waals surface area contributed by atoms with Gasteiger partial charge in [0.05, 0.1) is 18.7 Å². The molecule has 1 aliphatic rings. The second-order valence-electron chi connectivity index (χ2n) is 5.02. The molecule has 1 aromatic carbocycles. The van der Waals surface area contributed by atoms with Crippen LogP contribution in [0.3, 0.4) is 0 Å². The maximum atomic E-state index is 5.58. The van der Waals surface area contributed by atoms with Crippen LogP contribution in [0.4, 0.5) is 5.69 Å². The van der Waals surface area contributed by atoms with Gasteiger partial charge in [0.1, 0.15) is 0 Å². The van der Waals surface area contributed by atoms with Crippen molar-refractivity contribution in [2.45, 2.75) is 32.0 Å². The normalized spacial score (nSPS) is 22.6. The van der Waals surface area contributed by atoms with Crippen LogP contribution in [0.15, 0.2) is 42.7 Å². The molecule has 19 heavy (non-hydrogen) atoms. The van der Waals surface area contributed by atoms with Gasteiger partial charge in [0.2, 0.25) is 0 Å². The first-order valence-corrected chi connectivity index (χ1v) is 6.76. The number of hydrogen-bond acceptors (Lipinski definition) is 3. The summed E-state index contributed by atoms with van der Waals surface area (Å²) < 4.78 is 7.51. The average molecular weight is 257 g/mol. The molecule has 0 radical (unpaired) electrons. The lowest BCUT2D eigenvalue weighted by Crippen LogP contribution is -2.26. The number of nitrogens with zero attached hydrogens (tertiary/aromatic N) is 2. The monoisotopic (exact) mass is 257 g/mol. The lowest BCUT2D eigenvalue weighted by molar-refractivity contribution is 0.121. The first-order valence-electron chi connectivity index (χ1n) is 6.76. The van der Waals surface area contributed by atoms with E-state index in [4.69, 9.17) is 4.74 Å². The first-order chi connectivity index (χ1) is 9.31. The van der Waals surface area contributed by atoms with Crippen LogP contribution >= 0.6 is 0 Å². The molecule has 0 amide bonds. The average Bonchev–Trinajstić information content (AvgIpc) is 3.03. The number of rotatable bonds is 4. The molecule has 4 nitrogen and oxygen atoms in total. The molecule has 4 heteroatoms. The number of nitrogens with one attached hydrogen (secondary N) is 1. The van der Waals surface area contributed by atoms with Crippen molar-refractivity contribution in [1.82, 2.24) is 9.78 Å². The molecule has 2 unspecified atom stereocenters. The molecule has 1 N–H and O–H groups in total. The largest absolute Gasteiger partial charge is 0.380 e. The third-order valence-corrected chi connectivity index (χ3v) is 3.56. The number of benzene rings is 1. The molecule has 0 bridgehead atoms. The molecule has 1 saturated heterocycles. The molecule has 100 valence electrons. The van der Waals surface area contributed by atoms with Crippen LogP contribution in [-0.4, -0.2) is 28.5 Å². The lowest BCUT2D eigenvalue weighted by Gasteiger charge is -2.18. The van der Waals surface area contributed by atoms with Crippen LogP contribution in [0.2, 0.25) is 0 Å². The molecule has 1 fully saturated rings. The van der Waals surface area contributed by atoms with E-state index in [-0.39, 0.29) is 6.10 Å². The minimum absolute atomic E-state index is 0.287. The van der Waals surface area contributed by atoms with Gasteiger partial charge in [-0.15, -0.1) is 0 Å². The molecular formula is C15H19N3O. The Kier molecular flexibility index (Phi) is 3.51. The van der Waals surface area contributed by atoms with Crippen LogP contribution in [0.1, 0.15) is 18.9 Å². The number of hydrogen-bond donors (Lipinski definition) is 1. The van der Waals surface area contributed by atoms with Crippen molar-refractivity contribution in [3.8, 4) is 0 Å². The Hall–Kier alpha value is -1.81. The van der Waals surface area contributed by atoms with Crippen LogP contribution in [0.5, 0.6) is 0 Å². The fraction of sp³-hybridized carbons (Fsp3) is 0.400. The topological polar surface area (TPSA) is 39.1 Å². The summed E-state index contributed by atoms with van der Waals surface area (Å²) in [5, 5.41) is 7.79. The lowest BCUT2D eigenvalue weighted by atomic mass is 10.1. The van der Waals surface area contributed by atoms with E-state index in [9.17, 15) is 0 Å². The second-order valence-corrected chi connectivity index (χ2v) is 5.02. The van der Waals surface area contributed by atoms with Crippen molar-refractivity contribution < 1.29 is 4.74 Å². The zero-order valence-corrected chi connectivity index (χ0v) is 11.1. The van der Waals surface area contributed by atoms with Gasteiger partial charge < -0.3 is 10.1 Å². The van der Waals surface area contributed by atoms with Gasteiger partial charge in [-0.2, -0.15) is 5.10 Å². The summed E-state index contributed by atoms with van der Waals surface area (Å²) in [5.74, 6) is 0. The van der Waals surface area contributed by atoms with Crippen molar-refractivity contribution in [1.29, 1.82) is 0 Å². The highest BCUT2D eigenvalue weighted by atomic mass is 16.5. The maximum Gasteiger partial charge on any atom is 0.0748 e. The minimum Gasteiger partial charge on any atom is -0.380 e. The van der Waals surface area contributed by atoms with E-state index in [0.717, 1.165) is 25.3 Å². The van der Waals surface area contributed by atoms with Crippen LogP contribution in [-0.2, 0) is 11.3 Å². The molecular weight excluding hydrogens is 238 g/mol. The summed E-state index contributed by atoms with van der Waals surface area (Å²) in [7, 11) is 0. The van der Waals surface area contributed by atoms with Gasteiger partial charge in [0, 0.05) is 24.7 Å². The third-order valence-electron chi connectivity index (χ3n) is 3.56. The fourth-order valence-electron chi connectivity index (χ4n) is 2.48. The van der Waals surface area contributed by atoms with Crippen LogP contribution in [0.25, 0.3) is 0 Å². The van der Waals surface area contributed by atoms with Gasteiger partial charge in [0.15, 0.2) is 0 Å². The standard InChI is InChI=1S/C15H19N3O/c1-12-15(6-9-19-12)17-14-5-2-4-13(10-14)11-18-8-3-7-16-18/h2-5,7-8,10,12,15,17H,6,9,11H2,1H3. The second kappa shape index (κ2) is 5.45. The summed E-state index contributed by atoms with van der Waals surface area (Å²) in [4.78, 5) is 0. The molecule has 1 aromatic heterocycles. The zero-order valence-electron chi connectivity index (χ0n) is 11.1. The summed E-state index contributed by atoms with van der Waals surface area (Å²) in [6.07, 6.45) is 5.15. The van der Waals surface area contributed by atoms with Gasteiger partial charge in [-0.1, -0.05) is 12.1 Å². The summed E-state index contributed by atoms with van der Waals surface area (Å²) in [6, 6.07) is 10.9. The Morgan fingerprint density at radius 1 is 1.42 bits per heavy atom. The minimum atomic E-state index is 0.287. The van der Waals surface area contributed by atoms with Crippen molar-refractivity contribution >= 4 is 5.69 Å². The van der Waals surface area contributed by atoms with Gasteiger partial charge in [-0.25, -0.2) is 0 Å². The summed E-state index contributed by atoms with van der Waals surface area (Å²) >= 11 is 0. The van der Waals surface area contributed by atoms with Gasteiger partial charge in [-0.05, 0) is 37.1 Å². The Morgan fingerprint density at radius 2 is 2.37 bits per heavy atom. The van der Waals surface area contributed by atoms with E-state index in [2.05, 4.69) is 41.6 Å². The molecule has 2 aromatic rings. The first kappa shape index (κ1) is 12.2. The number of ether oxygens (including phenoxy) is 1. The molecule has 3 rings (SSSR count). The summed E-state index contributed by atoms with van der Waals surface area (Å²) in [6.45, 7) is 3.78. The maximum absolute atomic E-state index is 5.58. The fourth-order valence-corrected chi connectivity index (χ4v) is 2.48.